The minimum Gasteiger partial charge on any atom is -0.337 e. The molecule has 0 aliphatic carbocycles. The Bertz CT molecular complexity index is 1140. The number of carbonyl (C=O) groups excluding carboxylic acids is 2. The highest BCUT2D eigenvalue weighted by Crippen LogP contribution is 2.22. The van der Waals surface area contributed by atoms with E-state index in [-0.39, 0.29) is 18.1 Å². The minimum absolute atomic E-state index is 0.0669. The van der Waals surface area contributed by atoms with E-state index in [1.165, 1.54) is 0 Å². The van der Waals surface area contributed by atoms with Gasteiger partial charge in [-0.3, -0.25) is 9.88 Å². The van der Waals surface area contributed by atoms with Crippen LogP contribution >= 0.6 is 11.6 Å². The van der Waals surface area contributed by atoms with Gasteiger partial charge in [0.15, 0.2) is 0 Å². The van der Waals surface area contributed by atoms with Crippen LogP contribution < -0.4 is 21.3 Å². The Labute approximate surface area is 197 Å². The molecule has 1 saturated heterocycles. The topological polar surface area (TPSA) is 98.4 Å². The van der Waals surface area contributed by atoms with Crippen molar-refractivity contribution in [2.75, 3.05) is 36.8 Å². The fraction of sp³-hybridized carbons (Fsp3) is 0.292. The highest BCUT2D eigenvalue weighted by molar-refractivity contribution is 6.30. The molecule has 4 amide bonds. The zero-order chi connectivity index (χ0) is 23.2. The normalized spacial score (nSPS) is 15.9. The van der Waals surface area contributed by atoms with E-state index in [0.29, 0.717) is 23.8 Å². The van der Waals surface area contributed by atoms with Crippen molar-refractivity contribution in [1.82, 2.24) is 20.5 Å². The van der Waals surface area contributed by atoms with Crippen LogP contribution in [0.1, 0.15) is 12.1 Å². The van der Waals surface area contributed by atoms with Crippen molar-refractivity contribution in [3.05, 3.63) is 65.3 Å². The summed E-state index contributed by atoms with van der Waals surface area (Å²) in [7, 11) is 0. The van der Waals surface area contributed by atoms with E-state index in [1.807, 2.05) is 37.3 Å². The number of urea groups is 2. The van der Waals surface area contributed by atoms with Crippen molar-refractivity contribution in [1.29, 1.82) is 0 Å². The van der Waals surface area contributed by atoms with Crippen molar-refractivity contribution in [2.45, 2.75) is 19.4 Å². The number of nitrogens with zero attached hydrogens (tertiary/aromatic N) is 2. The van der Waals surface area contributed by atoms with Gasteiger partial charge in [0.2, 0.25) is 0 Å². The predicted molar refractivity (Wildman–Crippen MR) is 132 cm³/mol. The minimum atomic E-state index is -0.248. The quantitative estimate of drug-likeness (QED) is 0.437. The lowest BCUT2D eigenvalue weighted by molar-refractivity contribution is 0.247. The Morgan fingerprint density at radius 3 is 2.70 bits per heavy atom. The molecule has 1 atom stereocenters. The Balaban J connectivity index is 1.19. The van der Waals surface area contributed by atoms with Crippen molar-refractivity contribution < 1.29 is 9.59 Å². The molecular weight excluding hydrogens is 440 g/mol. The molecule has 1 aliphatic rings. The van der Waals surface area contributed by atoms with E-state index >= 15 is 0 Å². The summed E-state index contributed by atoms with van der Waals surface area (Å²) >= 11 is 5.87. The van der Waals surface area contributed by atoms with Crippen molar-refractivity contribution in [3.63, 3.8) is 0 Å². The van der Waals surface area contributed by atoms with Gasteiger partial charge in [0.25, 0.3) is 0 Å². The fourth-order valence-electron chi connectivity index (χ4n) is 3.94. The van der Waals surface area contributed by atoms with Crippen LogP contribution in [0.15, 0.2) is 54.6 Å². The maximum atomic E-state index is 12.4. The number of rotatable bonds is 6. The Morgan fingerprint density at radius 1 is 1.09 bits per heavy atom. The second-order valence-corrected chi connectivity index (χ2v) is 8.54. The monoisotopic (exact) mass is 466 g/mol. The number of para-hydroxylation sites is 1. The Kier molecular flexibility index (Phi) is 7.26. The highest BCUT2D eigenvalue weighted by Gasteiger charge is 2.23. The Hall–Kier alpha value is -3.36. The number of aryl methyl sites for hydroxylation is 1. The zero-order valence-electron chi connectivity index (χ0n) is 18.4. The number of fused-ring (bicyclic) bond motifs is 1. The molecule has 4 rings (SSSR count). The fourth-order valence-corrected chi connectivity index (χ4v) is 4.07. The van der Waals surface area contributed by atoms with Gasteiger partial charge in [-0.1, -0.05) is 29.8 Å². The second kappa shape index (κ2) is 10.5. The van der Waals surface area contributed by atoms with Crippen LogP contribution in [0.4, 0.5) is 21.0 Å². The molecule has 1 unspecified atom stereocenters. The summed E-state index contributed by atoms with van der Waals surface area (Å²) in [4.78, 5) is 31.3. The number of anilines is 2. The van der Waals surface area contributed by atoms with Gasteiger partial charge in [-0.15, -0.1) is 0 Å². The first-order chi connectivity index (χ1) is 16.0. The van der Waals surface area contributed by atoms with Gasteiger partial charge in [-0.2, -0.15) is 0 Å². The van der Waals surface area contributed by atoms with Crippen LogP contribution in [0.3, 0.4) is 0 Å². The number of pyridine rings is 1. The van der Waals surface area contributed by atoms with Gasteiger partial charge < -0.3 is 21.3 Å². The van der Waals surface area contributed by atoms with E-state index < -0.39 is 0 Å². The van der Waals surface area contributed by atoms with Crippen LogP contribution in [-0.2, 0) is 0 Å². The van der Waals surface area contributed by atoms with E-state index in [1.54, 1.807) is 24.3 Å². The number of amides is 4. The first kappa shape index (κ1) is 22.8. The summed E-state index contributed by atoms with van der Waals surface area (Å²) < 4.78 is 0. The van der Waals surface area contributed by atoms with Crippen LogP contribution in [0.5, 0.6) is 0 Å². The van der Waals surface area contributed by atoms with Crippen molar-refractivity contribution in [3.8, 4) is 0 Å². The van der Waals surface area contributed by atoms with E-state index in [0.717, 1.165) is 41.8 Å². The number of aromatic nitrogens is 1. The lowest BCUT2D eigenvalue weighted by Crippen LogP contribution is -2.41. The molecule has 0 saturated carbocycles. The zero-order valence-corrected chi connectivity index (χ0v) is 19.2. The smallest absolute Gasteiger partial charge is 0.319 e. The van der Waals surface area contributed by atoms with Gasteiger partial charge in [0, 0.05) is 54.0 Å². The number of hydrogen-bond donors (Lipinski definition) is 4. The SMILES string of the molecule is Cc1cc(NC(=O)NCCN2CCC(NC(=O)Nc3ccc(Cl)cc3)C2)c2ccccc2n1. The molecule has 33 heavy (non-hydrogen) atoms. The van der Waals surface area contributed by atoms with Crippen molar-refractivity contribution in [2.24, 2.45) is 0 Å². The summed E-state index contributed by atoms with van der Waals surface area (Å²) in [5.74, 6) is 0. The van der Waals surface area contributed by atoms with Gasteiger partial charge in [0.05, 0.1) is 11.2 Å². The molecule has 8 nitrogen and oxygen atoms in total. The first-order valence-electron chi connectivity index (χ1n) is 10.9. The molecule has 0 radical (unpaired) electrons. The maximum absolute atomic E-state index is 12.4. The summed E-state index contributed by atoms with van der Waals surface area (Å²) in [6.45, 7) is 4.73. The molecule has 0 bridgehead atoms. The number of hydrogen-bond acceptors (Lipinski definition) is 4. The van der Waals surface area contributed by atoms with Gasteiger partial charge >= 0.3 is 12.1 Å². The standard InChI is InChI=1S/C24H27ClN6O2/c1-16-14-22(20-4-2-3-5-21(20)27-16)30-23(32)26-11-13-31-12-10-19(15-31)29-24(33)28-18-8-6-17(25)7-9-18/h2-9,14,19H,10-13,15H2,1H3,(H2,28,29,33)(H2,26,27,30,32). The molecule has 2 heterocycles. The third-order valence-corrected chi connectivity index (χ3v) is 5.77. The summed E-state index contributed by atoms with van der Waals surface area (Å²) in [5.41, 5.74) is 3.13. The van der Waals surface area contributed by atoms with Crippen molar-refractivity contribution >= 4 is 45.9 Å². The van der Waals surface area contributed by atoms with E-state index in [9.17, 15) is 9.59 Å². The van der Waals surface area contributed by atoms with Crippen LogP contribution in [-0.4, -0.2) is 54.2 Å². The lowest BCUT2D eigenvalue weighted by atomic mass is 10.1. The molecule has 4 N–H and O–H groups in total. The summed E-state index contributed by atoms with van der Waals surface area (Å²) in [5, 5.41) is 13.2. The number of carbonyl (C=O) groups is 2. The van der Waals surface area contributed by atoms with E-state index in [2.05, 4.69) is 31.2 Å². The molecule has 1 fully saturated rings. The molecule has 1 aliphatic heterocycles. The molecular formula is C24H27ClN6O2. The van der Waals surface area contributed by atoms with Gasteiger partial charge in [-0.05, 0) is 49.7 Å². The third kappa shape index (κ3) is 6.34. The molecule has 2 aromatic carbocycles. The van der Waals surface area contributed by atoms with Gasteiger partial charge in [-0.25, -0.2) is 9.59 Å². The first-order valence-corrected chi connectivity index (χ1v) is 11.3. The summed E-state index contributed by atoms with van der Waals surface area (Å²) in [6.07, 6.45) is 0.864. The largest absolute Gasteiger partial charge is 0.337 e. The third-order valence-electron chi connectivity index (χ3n) is 5.52. The van der Waals surface area contributed by atoms with Crippen LogP contribution in [0.25, 0.3) is 10.9 Å². The van der Waals surface area contributed by atoms with E-state index in [4.69, 9.17) is 11.6 Å². The molecule has 3 aromatic rings. The molecule has 0 spiro atoms. The predicted octanol–water partition coefficient (Wildman–Crippen LogP) is 4.21. The summed E-state index contributed by atoms with van der Waals surface area (Å²) in [6, 6.07) is 16.2. The van der Waals surface area contributed by atoms with Crippen LogP contribution in [0.2, 0.25) is 5.02 Å². The van der Waals surface area contributed by atoms with Crippen LogP contribution in [0, 0.1) is 6.92 Å². The average molecular weight is 467 g/mol. The number of likely N-dealkylation sites (tertiary alicyclic amines) is 1. The number of halogens is 1. The molecule has 1 aromatic heterocycles. The molecule has 9 heteroatoms. The highest BCUT2D eigenvalue weighted by atomic mass is 35.5. The molecule has 172 valence electrons. The lowest BCUT2D eigenvalue weighted by Gasteiger charge is -2.17. The maximum Gasteiger partial charge on any atom is 0.319 e. The second-order valence-electron chi connectivity index (χ2n) is 8.10. The Morgan fingerprint density at radius 2 is 1.88 bits per heavy atom. The van der Waals surface area contributed by atoms with Gasteiger partial charge in [0.1, 0.15) is 0 Å². The average Bonchev–Trinajstić information content (AvgIpc) is 3.22. The number of benzene rings is 2. The number of nitrogens with one attached hydrogen (secondary N) is 4.